The Morgan fingerprint density at radius 3 is 1.53 bits per heavy atom. The Bertz CT molecular complexity index is 2270. The molecule has 2 heterocycles. The number of benzene rings is 5. The molecule has 0 spiro atoms. The van der Waals surface area contributed by atoms with Crippen molar-refractivity contribution in [2.24, 2.45) is 0 Å². The van der Waals surface area contributed by atoms with Crippen LogP contribution in [0.1, 0.15) is 78.7 Å². The van der Waals surface area contributed by atoms with Gasteiger partial charge in [-0.25, -0.2) is 9.59 Å². The Morgan fingerprint density at radius 1 is 0.606 bits per heavy atom. The van der Waals surface area contributed by atoms with Crippen molar-refractivity contribution in [2.75, 3.05) is 79.6 Å². The summed E-state index contributed by atoms with van der Waals surface area (Å²) >= 11 is 3.54. The van der Waals surface area contributed by atoms with E-state index in [4.69, 9.17) is 18.9 Å². The third-order valence-corrected chi connectivity index (χ3v) is 13.3. The van der Waals surface area contributed by atoms with Crippen molar-refractivity contribution in [3.63, 3.8) is 0 Å². The molecule has 0 aliphatic carbocycles. The number of carbonyl (C=O) groups is 2. The molecule has 0 radical (unpaired) electrons. The number of likely N-dealkylation sites (N-methyl/N-ethyl adjacent to an activating group) is 1. The molecular weight excluding hydrogens is 891 g/mol. The van der Waals surface area contributed by atoms with Crippen LogP contribution in [0.4, 0.5) is 0 Å². The van der Waals surface area contributed by atoms with E-state index in [1.807, 2.05) is 38.1 Å². The van der Waals surface area contributed by atoms with Gasteiger partial charge in [0.2, 0.25) is 0 Å². The third kappa shape index (κ3) is 12.8. The number of esters is 2. The molecule has 0 saturated carbocycles. The van der Waals surface area contributed by atoms with Gasteiger partial charge in [0, 0.05) is 67.8 Å². The minimum Gasteiger partial charge on any atom is -0.493 e. The van der Waals surface area contributed by atoms with Crippen molar-refractivity contribution >= 4 is 27.9 Å². The summed E-state index contributed by atoms with van der Waals surface area (Å²) in [6.45, 7) is 9.66. The van der Waals surface area contributed by atoms with Gasteiger partial charge in [0.05, 0.1) is 45.0 Å². The molecule has 1 atom stereocenters. The zero-order valence-electron chi connectivity index (χ0n) is 39.5. The van der Waals surface area contributed by atoms with Crippen LogP contribution >= 0.6 is 15.9 Å². The number of carbonyl (C=O) groups excluding carboxylic acids is 2. The number of nitrogens with zero attached hydrogens (tertiary/aromatic N) is 3. The number of piperazine rings is 1. The summed E-state index contributed by atoms with van der Waals surface area (Å²) in [5, 5.41) is 1.03. The first-order valence-electron chi connectivity index (χ1n) is 23.0. The molecular formula is C56H66BrN3O6. The Labute approximate surface area is 401 Å². The van der Waals surface area contributed by atoms with Gasteiger partial charge in [0.1, 0.15) is 0 Å². The topological polar surface area (TPSA) is 80.8 Å². The quantitative estimate of drug-likeness (QED) is 0.0485. The fourth-order valence-corrected chi connectivity index (χ4v) is 9.67. The molecule has 1 saturated heterocycles. The highest BCUT2D eigenvalue weighted by Crippen LogP contribution is 2.45. The number of allylic oxidation sites excluding steroid dienone is 2. The van der Waals surface area contributed by atoms with Crippen LogP contribution < -0.4 is 9.47 Å². The van der Waals surface area contributed by atoms with E-state index in [0.717, 1.165) is 68.7 Å². The molecule has 0 bridgehead atoms. The molecule has 0 N–H and O–H groups in total. The van der Waals surface area contributed by atoms with Gasteiger partial charge >= 0.3 is 11.9 Å². The molecule has 2 aliphatic rings. The standard InChI is InChI=1S/C41H51N3O6.C15H15Br/c1-29-37(40(45)49-6)39(33-18-19-35(47-4)36(28-33)48-5)38(41(46)50-27-13-21-43-25-23-42(3)24-26-43)30(2)44(29)22-20-34(31-14-9-7-10-15-31)32-16-11-8-12-17-32;16-12-11-15(13-7-3-1-4-8-13)14-9-5-2-6-10-14/h7-12,14-19,28,34,39H,13,20-27H2,1-6H3;1-10,15H,11-12H2. The van der Waals surface area contributed by atoms with E-state index in [2.05, 4.69) is 147 Å². The van der Waals surface area contributed by atoms with E-state index in [-0.39, 0.29) is 12.5 Å². The fraction of sp³-hybridized carbons (Fsp3) is 0.357. The van der Waals surface area contributed by atoms with Gasteiger partial charge < -0.3 is 33.6 Å². The van der Waals surface area contributed by atoms with E-state index >= 15 is 0 Å². The molecule has 5 aromatic carbocycles. The van der Waals surface area contributed by atoms with E-state index in [0.29, 0.717) is 40.7 Å². The molecule has 0 aromatic heterocycles. The summed E-state index contributed by atoms with van der Waals surface area (Å²) in [6, 6.07) is 47.8. The van der Waals surface area contributed by atoms with Crippen molar-refractivity contribution in [1.82, 2.24) is 14.7 Å². The Kier molecular flexibility index (Phi) is 19.1. The molecule has 7 rings (SSSR count). The third-order valence-electron chi connectivity index (χ3n) is 12.8. The highest BCUT2D eigenvalue weighted by Gasteiger charge is 2.41. The number of methoxy groups -OCH3 is 3. The Morgan fingerprint density at radius 2 is 1.08 bits per heavy atom. The predicted molar refractivity (Wildman–Crippen MR) is 268 cm³/mol. The van der Waals surface area contributed by atoms with Crippen molar-refractivity contribution < 1.29 is 28.5 Å². The largest absolute Gasteiger partial charge is 0.493 e. The van der Waals surface area contributed by atoms with Crippen molar-refractivity contribution in [1.29, 1.82) is 0 Å². The van der Waals surface area contributed by atoms with Crippen LogP contribution in [0, 0.1) is 0 Å². The van der Waals surface area contributed by atoms with Gasteiger partial charge in [-0.2, -0.15) is 0 Å². The molecule has 348 valence electrons. The lowest BCUT2D eigenvalue weighted by Crippen LogP contribution is -2.44. The molecule has 1 fully saturated rings. The van der Waals surface area contributed by atoms with Gasteiger partial charge in [0.15, 0.2) is 11.5 Å². The molecule has 10 heteroatoms. The Balaban J connectivity index is 0.000000377. The van der Waals surface area contributed by atoms with Gasteiger partial charge in [-0.05, 0) is 80.1 Å². The second-order valence-corrected chi connectivity index (χ2v) is 17.6. The Hall–Kier alpha value is -5.68. The van der Waals surface area contributed by atoms with Crippen molar-refractivity contribution in [3.8, 4) is 11.5 Å². The van der Waals surface area contributed by atoms with Crippen LogP contribution in [0.15, 0.2) is 162 Å². The van der Waals surface area contributed by atoms with Gasteiger partial charge in [-0.3, -0.25) is 0 Å². The molecule has 66 heavy (non-hydrogen) atoms. The predicted octanol–water partition coefficient (Wildman–Crippen LogP) is 10.8. The maximum absolute atomic E-state index is 14.3. The number of hydrogen-bond acceptors (Lipinski definition) is 9. The monoisotopic (exact) mass is 955 g/mol. The molecule has 1 unspecified atom stereocenters. The molecule has 9 nitrogen and oxygen atoms in total. The highest BCUT2D eigenvalue weighted by molar-refractivity contribution is 9.09. The van der Waals surface area contributed by atoms with E-state index < -0.39 is 17.9 Å². The zero-order chi connectivity index (χ0) is 46.8. The second-order valence-electron chi connectivity index (χ2n) is 16.8. The normalized spacial score (nSPS) is 15.7. The number of halogens is 1. The average Bonchev–Trinajstić information content (AvgIpc) is 3.36. The minimum absolute atomic E-state index is 0.105. The van der Waals surface area contributed by atoms with Crippen LogP contribution in [0.5, 0.6) is 11.5 Å². The van der Waals surface area contributed by atoms with E-state index in [1.54, 1.807) is 20.3 Å². The zero-order valence-corrected chi connectivity index (χ0v) is 41.0. The maximum atomic E-state index is 14.3. The van der Waals surface area contributed by atoms with Crippen LogP contribution in [0.2, 0.25) is 0 Å². The van der Waals surface area contributed by atoms with Gasteiger partial charge in [0.25, 0.3) is 0 Å². The summed E-state index contributed by atoms with van der Waals surface area (Å²) in [5.41, 5.74) is 8.20. The number of ether oxygens (including phenoxy) is 4. The lowest BCUT2D eigenvalue weighted by molar-refractivity contribution is -0.139. The lowest BCUT2D eigenvalue weighted by Gasteiger charge is -2.38. The first kappa shape index (κ1) is 49.7. The van der Waals surface area contributed by atoms with Crippen LogP contribution in [0.25, 0.3) is 0 Å². The summed E-state index contributed by atoms with van der Waals surface area (Å²) < 4.78 is 22.6. The van der Waals surface area contributed by atoms with E-state index in [9.17, 15) is 9.59 Å². The summed E-state index contributed by atoms with van der Waals surface area (Å²) in [7, 11) is 6.66. The fourth-order valence-electron chi connectivity index (χ4n) is 9.21. The summed E-state index contributed by atoms with van der Waals surface area (Å²) in [6.07, 6.45) is 2.60. The van der Waals surface area contributed by atoms with Crippen LogP contribution in [-0.4, -0.2) is 106 Å². The van der Waals surface area contributed by atoms with Crippen LogP contribution in [-0.2, 0) is 19.1 Å². The SMILES string of the molecule is BrCCC(c1ccccc1)c1ccccc1.COC(=O)C1=C(C)N(CCC(c2ccccc2)c2ccccc2)C(C)=C(C(=O)OCCCN2CCN(C)CC2)C1c1ccc(OC)c(OC)c1. The van der Waals surface area contributed by atoms with E-state index in [1.165, 1.54) is 29.4 Å². The molecule has 5 aromatic rings. The minimum atomic E-state index is -0.734. The number of hydrogen-bond donors (Lipinski definition) is 0. The first-order valence-corrected chi connectivity index (χ1v) is 24.1. The highest BCUT2D eigenvalue weighted by atomic mass is 79.9. The van der Waals surface area contributed by atoms with Gasteiger partial charge in [-0.1, -0.05) is 143 Å². The smallest absolute Gasteiger partial charge is 0.336 e. The molecule has 2 aliphatic heterocycles. The number of alkyl halides is 1. The second kappa shape index (κ2) is 25.3. The summed E-state index contributed by atoms with van der Waals surface area (Å²) in [5.74, 6) is -0.0151. The molecule has 0 amide bonds. The van der Waals surface area contributed by atoms with Crippen molar-refractivity contribution in [2.45, 2.75) is 50.9 Å². The lowest BCUT2D eigenvalue weighted by atomic mass is 9.79. The van der Waals surface area contributed by atoms with Crippen LogP contribution in [0.3, 0.4) is 0 Å². The maximum Gasteiger partial charge on any atom is 0.336 e. The average molecular weight is 957 g/mol. The van der Waals surface area contributed by atoms with Crippen molar-refractivity contribution in [3.05, 3.63) is 190 Å². The first-order chi connectivity index (χ1) is 32.2. The summed E-state index contributed by atoms with van der Waals surface area (Å²) in [4.78, 5) is 34.9. The number of rotatable bonds is 18. The van der Waals surface area contributed by atoms with Gasteiger partial charge in [-0.15, -0.1) is 0 Å².